The number of nitrogens with zero attached hydrogens (tertiary/aromatic N) is 1. The average Bonchev–Trinajstić information content (AvgIpc) is 3.52. The largest absolute Gasteiger partial charge is 0.586 e. The van der Waals surface area contributed by atoms with Gasteiger partial charge in [-0.25, -0.2) is 4.79 Å². The number of carboxylic acid groups (broad SMARTS) is 1. The molecule has 0 unspecified atom stereocenters. The number of carbonyl (C=O) groups excluding carboxylic acids is 1. The summed E-state index contributed by atoms with van der Waals surface area (Å²) in [5.74, 6) is -1.22. The van der Waals surface area contributed by atoms with Crippen molar-refractivity contribution in [3.8, 4) is 22.8 Å². The monoisotopic (exact) mass is 451 g/mol. The van der Waals surface area contributed by atoms with E-state index >= 15 is 0 Å². The Labute approximate surface area is 187 Å². The first-order valence-corrected chi connectivity index (χ1v) is 10.4. The Bertz CT molecular complexity index is 1300. The normalized spacial score (nSPS) is 16.9. The molecule has 1 saturated carbocycles. The molecule has 1 fully saturated rings. The van der Waals surface area contributed by atoms with Crippen LogP contribution >= 0.6 is 0 Å². The van der Waals surface area contributed by atoms with Gasteiger partial charge in [0.2, 0.25) is 0 Å². The molecule has 168 valence electrons. The number of carbonyl (C=O) groups is 2. The van der Waals surface area contributed by atoms with Gasteiger partial charge in [-0.05, 0) is 61.2 Å². The molecule has 8 heteroatoms. The van der Waals surface area contributed by atoms with Gasteiger partial charge in [0, 0.05) is 17.7 Å². The summed E-state index contributed by atoms with van der Waals surface area (Å²) in [7, 11) is 0. The zero-order chi connectivity index (χ0) is 23.4. The Morgan fingerprint density at radius 2 is 1.79 bits per heavy atom. The maximum atomic E-state index is 13.4. The summed E-state index contributed by atoms with van der Waals surface area (Å²) < 4.78 is 35.7. The maximum absolute atomic E-state index is 13.4. The highest BCUT2D eigenvalue weighted by atomic mass is 19.3. The molecule has 2 heterocycles. The number of Topliss-reactive ketones (excluding diaryl/α,β-unsaturated/α-hetero) is 1. The molecule has 5 rings (SSSR count). The van der Waals surface area contributed by atoms with E-state index in [4.69, 9.17) is 0 Å². The maximum Gasteiger partial charge on any atom is 0.586 e. The standard InChI is InChI=1S/C25H19F2NO5/c1-14-5-7-18(28-22(14)15-3-2-4-16(11-15)23(30)31)13-21(29)24(9-10-24)17-6-8-19-20(12-17)33-25(26,27)32-19/h2-8,11-12H,9-10,13H2,1H3,(H,30,31). The lowest BCUT2D eigenvalue weighted by Gasteiger charge is -2.16. The Balaban J connectivity index is 1.40. The number of ketones is 1. The average molecular weight is 451 g/mol. The third-order valence-electron chi connectivity index (χ3n) is 6.12. The first-order chi connectivity index (χ1) is 15.7. The molecule has 0 spiro atoms. The van der Waals surface area contributed by atoms with E-state index in [1.165, 1.54) is 18.2 Å². The van der Waals surface area contributed by atoms with Gasteiger partial charge in [-0.3, -0.25) is 9.78 Å². The molecule has 0 atom stereocenters. The van der Waals surface area contributed by atoms with Crippen LogP contribution in [-0.4, -0.2) is 28.1 Å². The lowest BCUT2D eigenvalue weighted by molar-refractivity contribution is -0.286. The third-order valence-corrected chi connectivity index (χ3v) is 6.12. The van der Waals surface area contributed by atoms with Crippen LogP contribution in [0.25, 0.3) is 11.3 Å². The predicted octanol–water partition coefficient (Wildman–Crippen LogP) is 4.92. The first-order valence-electron chi connectivity index (χ1n) is 10.4. The van der Waals surface area contributed by atoms with Crippen molar-refractivity contribution < 1.29 is 33.0 Å². The van der Waals surface area contributed by atoms with Gasteiger partial charge in [0.25, 0.3) is 0 Å². The molecule has 0 radical (unpaired) electrons. The molecule has 2 aliphatic rings. The number of hydrogen-bond acceptors (Lipinski definition) is 5. The van der Waals surface area contributed by atoms with Crippen molar-refractivity contribution in [3.63, 3.8) is 0 Å². The molecule has 0 amide bonds. The number of fused-ring (bicyclic) bond motifs is 1. The van der Waals surface area contributed by atoms with Gasteiger partial charge in [-0.15, -0.1) is 8.78 Å². The molecule has 0 saturated heterocycles. The van der Waals surface area contributed by atoms with Gasteiger partial charge in [-0.2, -0.15) is 0 Å². The number of carboxylic acids is 1. The number of alkyl halides is 2. The second-order valence-electron chi connectivity index (χ2n) is 8.37. The second kappa shape index (κ2) is 7.37. The third kappa shape index (κ3) is 3.82. The number of aryl methyl sites for hydroxylation is 1. The molecule has 6 nitrogen and oxygen atoms in total. The fourth-order valence-electron chi connectivity index (χ4n) is 4.19. The van der Waals surface area contributed by atoms with Crippen molar-refractivity contribution in [1.29, 1.82) is 0 Å². The van der Waals surface area contributed by atoms with E-state index in [1.807, 2.05) is 13.0 Å². The van der Waals surface area contributed by atoms with Crippen molar-refractivity contribution in [2.75, 3.05) is 0 Å². The van der Waals surface area contributed by atoms with Gasteiger partial charge in [0.1, 0.15) is 5.78 Å². The summed E-state index contributed by atoms with van der Waals surface area (Å²) in [6.07, 6.45) is -2.42. The molecule has 33 heavy (non-hydrogen) atoms. The van der Waals surface area contributed by atoms with Crippen LogP contribution in [0.2, 0.25) is 0 Å². The van der Waals surface area contributed by atoms with Crippen LogP contribution in [0.1, 0.15) is 40.0 Å². The number of pyridine rings is 1. The number of halogens is 2. The summed E-state index contributed by atoms with van der Waals surface area (Å²) in [4.78, 5) is 29.2. The van der Waals surface area contributed by atoms with Gasteiger partial charge >= 0.3 is 12.3 Å². The SMILES string of the molecule is Cc1ccc(CC(=O)C2(c3ccc4c(c3)OC(F)(F)O4)CC2)nc1-c1cccc(C(=O)O)c1. The van der Waals surface area contributed by atoms with Crippen molar-refractivity contribution in [2.45, 2.75) is 37.9 Å². The van der Waals surface area contributed by atoms with E-state index in [0.717, 1.165) is 5.56 Å². The summed E-state index contributed by atoms with van der Waals surface area (Å²) >= 11 is 0. The number of ether oxygens (including phenoxy) is 2. The van der Waals surface area contributed by atoms with Gasteiger partial charge in [0.15, 0.2) is 11.5 Å². The molecule has 1 aliphatic heterocycles. The van der Waals surface area contributed by atoms with Crippen molar-refractivity contribution in [2.24, 2.45) is 0 Å². The van der Waals surface area contributed by atoms with E-state index in [2.05, 4.69) is 14.5 Å². The molecule has 1 N–H and O–H groups in total. The Hall–Kier alpha value is -3.81. The summed E-state index contributed by atoms with van der Waals surface area (Å²) in [5, 5.41) is 9.27. The van der Waals surface area contributed by atoms with Crippen LogP contribution in [0.15, 0.2) is 54.6 Å². The molecule has 3 aromatic rings. The van der Waals surface area contributed by atoms with E-state index in [-0.39, 0.29) is 29.3 Å². The predicted molar refractivity (Wildman–Crippen MR) is 114 cm³/mol. The van der Waals surface area contributed by atoms with E-state index in [0.29, 0.717) is 35.4 Å². The highest BCUT2D eigenvalue weighted by Gasteiger charge is 2.52. The Kier molecular flexibility index (Phi) is 4.70. The number of benzene rings is 2. The molecule has 1 aliphatic carbocycles. The first kappa shape index (κ1) is 21.1. The lowest BCUT2D eigenvalue weighted by atomic mass is 9.88. The van der Waals surface area contributed by atoms with Crippen LogP contribution < -0.4 is 9.47 Å². The quantitative estimate of drug-likeness (QED) is 0.573. The smallest absolute Gasteiger partial charge is 0.478 e. The zero-order valence-electron chi connectivity index (χ0n) is 17.6. The fourth-order valence-corrected chi connectivity index (χ4v) is 4.19. The number of hydrogen-bond donors (Lipinski definition) is 1. The molecule has 2 aromatic carbocycles. The van der Waals surface area contributed by atoms with Gasteiger partial charge in [-0.1, -0.05) is 24.3 Å². The number of aromatic nitrogens is 1. The highest BCUT2D eigenvalue weighted by molar-refractivity contribution is 5.94. The Morgan fingerprint density at radius 3 is 2.52 bits per heavy atom. The van der Waals surface area contributed by atoms with Crippen LogP contribution in [0.4, 0.5) is 8.78 Å². The summed E-state index contributed by atoms with van der Waals surface area (Å²) in [6, 6.07) is 14.6. The van der Waals surface area contributed by atoms with E-state index in [9.17, 15) is 23.5 Å². The van der Waals surface area contributed by atoms with Crippen LogP contribution in [0.5, 0.6) is 11.5 Å². The van der Waals surface area contributed by atoms with Crippen LogP contribution in [0, 0.1) is 6.92 Å². The number of aromatic carboxylic acids is 1. The van der Waals surface area contributed by atoms with Crippen molar-refractivity contribution in [1.82, 2.24) is 4.98 Å². The number of rotatable bonds is 6. The van der Waals surface area contributed by atoms with Gasteiger partial charge in [0.05, 0.1) is 16.7 Å². The molecular formula is C25H19F2NO5. The summed E-state index contributed by atoms with van der Waals surface area (Å²) in [5.41, 5.74) is 2.69. The van der Waals surface area contributed by atoms with Crippen molar-refractivity contribution in [3.05, 3.63) is 77.0 Å². The summed E-state index contributed by atoms with van der Waals surface area (Å²) in [6.45, 7) is 1.87. The Morgan fingerprint density at radius 1 is 1.03 bits per heavy atom. The van der Waals surface area contributed by atoms with Gasteiger partial charge < -0.3 is 14.6 Å². The highest BCUT2D eigenvalue weighted by Crippen LogP contribution is 2.52. The van der Waals surface area contributed by atoms with Crippen LogP contribution in [0.3, 0.4) is 0 Å². The zero-order valence-corrected chi connectivity index (χ0v) is 17.6. The molecular weight excluding hydrogens is 432 g/mol. The molecule has 0 bridgehead atoms. The molecule has 1 aromatic heterocycles. The van der Waals surface area contributed by atoms with E-state index < -0.39 is 17.7 Å². The fraction of sp³-hybridized carbons (Fsp3) is 0.240. The lowest BCUT2D eigenvalue weighted by Crippen LogP contribution is -2.26. The van der Waals surface area contributed by atoms with Crippen LogP contribution in [-0.2, 0) is 16.6 Å². The van der Waals surface area contributed by atoms with Crippen molar-refractivity contribution >= 4 is 11.8 Å². The minimum Gasteiger partial charge on any atom is -0.478 e. The minimum atomic E-state index is -3.71. The second-order valence-corrected chi connectivity index (χ2v) is 8.37. The topological polar surface area (TPSA) is 85.7 Å². The minimum absolute atomic E-state index is 0.0552. The van der Waals surface area contributed by atoms with E-state index in [1.54, 1.807) is 30.3 Å².